The minimum Gasteiger partial charge on any atom is -0.507 e. The van der Waals surface area contributed by atoms with E-state index in [9.17, 15) is 37.0 Å². The SMILES string of the molecule is O=c1[nH]c(=O)n(-c2cc(Cl)c(Oc3ccc(O)c(S(=O)(=O)NC4(CO)CC4)c3)c(Cl)c2)nc1C(F)F. The van der Waals surface area contributed by atoms with Gasteiger partial charge in [0.25, 0.3) is 12.0 Å². The van der Waals surface area contributed by atoms with Crippen LogP contribution in [0.2, 0.25) is 10.0 Å². The van der Waals surface area contributed by atoms with Gasteiger partial charge in [0, 0.05) is 6.07 Å². The standard InChI is InChI=1S/C20H16Cl2F2N4O7S/c21-11-5-9(28-19(32)25-18(31)15(26-28)17(23)24)6-12(22)16(11)35-10-1-2-13(30)14(7-10)36(33,34)27-20(8-29)3-4-20/h1-2,5-7,17,27,29-30H,3-4,8H2,(H,25,31,32). The number of aromatic hydroxyl groups is 1. The van der Waals surface area contributed by atoms with Crippen LogP contribution in [-0.2, 0) is 10.0 Å². The van der Waals surface area contributed by atoms with Crippen molar-refractivity contribution in [3.05, 3.63) is 66.9 Å². The highest BCUT2D eigenvalue weighted by Crippen LogP contribution is 2.41. The Balaban J connectivity index is 1.68. The zero-order chi connectivity index (χ0) is 26.4. The largest absolute Gasteiger partial charge is 0.507 e. The molecule has 0 aliphatic heterocycles. The van der Waals surface area contributed by atoms with Crippen molar-refractivity contribution in [3.63, 3.8) is 0 Å². The van der Waals surface area contributed by atoms with E-state index in [0.717, 1.165) is 24.3 Å². The maximum atomic E-state index is 13.0. The summed E-state index contributed by atoms with van der Waals surface area (Å²) >= 11 is 12.4. The second-order valence-electron chi connectivity index (χ2n) is 7.87. The molecule has 1 fully saturated rings. The smallest absolute Gasteiger partial charge is 0.349 e. The molecule has 0 radical (unpaired) electrons. The van der Waals surface area contributed by atoms with E-state index in [1.54, 1.807) is 4.98 Å². The van der Waals surface area contributed by atoms with Crippen LogP contribution in [0.4, 0.5) is 8.78 Å². The molecule has 192 valence electrons. The lowest BCUT2D eigenvalue weighted by molar-refractivity contribution is 0.141. The maximum Gasteiger partial charge on any atom is 0.349 e. The van der Waals surface area contributed by atoms with Crippen molar-refractivity contribution in [2.45, 2.75) is 29.7 Å². The van der Waals surface area contributed by atoms with Crippen LogP contribution in [0, 0.1) is 0 Å². The van der Waals surface area contributed by atoms with Gasteiger partial charge in [-0.05, 0) is 37.1 Å². The van der Waals surface area contributed by atoms with Crippen LogP contribution >= 0.6 is 23.2 Å². The highest BCUT2D eigenvalue weighted by molar-refractivity contribution is 7.89. The van der Waals surface area contributed by atoms with Gasteiger partial charge in [-0.2, -0.15) is 9.78 Å². The number of halogens is 4. The van der Waals surface area contributed by atoms with Crippen LogP contribution in [0.15, 0.2) is 44.8 Å². The summed E-state index contributed by atoms with van der Waals surface area (Å²) in [5, 5.41) is 22.4. The summed E-state index contributed by atoms with van der Waals surface area (Å²) in [6.45, 7) is -0.410. The molecule has 0 saturated heterocycles. The molecular formula is C20H16Cl2F2N4O7S. The van der Waals surface area contributed by atoms with E-state index in [1.807, 2.05) is 0 Å². The molecule has 36 heavy (non-hydrogen) atoms. The van der Waals surface area contributed by atoms with E-state index in [2.05, 4.69) is 9.82 Å². The molecule has 2 aromatic carbocycles. The van der Waals surface area contributed by atoms with Crippen molar-refractivity contribution in [2.24, 2.45) is 0 Å². The van der Waals surface area contributed by atoms with E-state index in [0.29, 0.717) is 17.5 Å². The molecule has 3 aromatic rings. The highest BCUT2D eigenvalue weighted by atomic mass is 35.5. The van der Waals surface area contributed by atoms with Crippen LogP contribution in [-0.4, -0.2) is 45.5 Å². The Morgan fingerprint density at radius 3 is 2.39 bits per heavy atom. The molecule has 1 saturated carbocycles. The van der Waals surface area contributed by atoms with E-state index < -0.39 is 56.2 Å². The number of nitrogens with zero attached hydrogens (tertiary/aromatic N) is 2. The lowest BCUT2D eigenvalue weighted by Crippen LogP contribution is -2.39. The van der Waals surface area contributed by atoms with Crippen LogP contribution < -0.4 is 20.7 Å². The number of sulfonamides is 1. The molecular weight excluding hydrogens is 549 g/mol. The number of phenolic OH excluding ortho intramolecular Hbond substituents is 1. The predicted octanol–water partition coefficient (Wildman–Crippen LogP) is 2.47. The molecule has 11 nitrogen and oxygen atoms in total. The van der Waals surface area contributed by atoms with Gasteiger partial charge in [0.1, 0.15) is 16.4 Å². The number of aromatic nitrogens is 3. The molecule has 1 aliphatic carbocycles. The minimum atomic E-state index is -4.24. The fourth-order valence-electron chi connectivity index (χ4n) is 3.17. The summed E-state index contributed by atoms with van der Waals surface area (Å²) in [5.41, 5.74) is -4.81. The normalized spacial score (nSPS) is 14.7. The van der Waals surface area contributed by atoms with Crippen molar-refractivity contribution in [1.29, 1.82) is 0 Å². The molecule has 1 aromatic heterocycles. The molecule has 4 N–H and O–H groups in total. The summed E-state index contributed by atoms with van der Waals surface area (Å²) in [6.07, 6.45) is -2.39. The zero-order valence-electron chi connectivity index (χ0n) is 17.8. The lowest BCUT2D eigenvalue weighted by atomic mass is 10.3. The number of nitrogens with one attached hydrogen (secondary N) is 2. The van der Waals surface area contributed by atoms with Gasteiger partial charge in [-0.3, -0.25) is 9.78 Å². The fraction of sp³-hybridized carbons (Fsp3) is 0.250. The Hall–Kier alpha value is -3.04. The monoisotopic (exact) mass is 564 g/mol. The van der Waals surface area contributed by atoms with Gasteiger partial charge in [-0.15, -0.1) is 0 Å². The average Bonchev–Trinajstić information content (AvgIpc) is 3.56. The van der Waals surface area contributed by atoms with Crippen molar-refractivity contribution in [2.75, 3.05) is 6.61 Å². The lowest BCUT2D eigenvalue weighted by Gasteiger charge is -2.17. The average molecular weight is 565 g/mol. The van der Waals surface area contributed by atoms with Gasteiger partial charge < -0.3 is 14.9 Å². The van der Waals surface area contributed by atoms with Crippen molar-refractivity contribution in [1.82, 2.24) is 19.5 Å². The van der Waals surface area contributed by atoms with Gasteiger partial charge >= 0.3 is 5.69 Å². The summed E-state index contributed by atoms with van der Waals surface area (Å²) in [4.78, 5) is 24.8. The maximum absolute atomic E-state index is 13.0. The number of rotatable bonds is 8. The van der Waals surface area contributed by atoms with E-state index in [-0.39, 0.29) is 27.2 Å². The molecule has 16 heteroatoms. The van der Waals surface area contributed by atoms with E-state index in [4.69, 9.17) is 27.9 Å². The van der Waals surface area contributed by atoms with Gasteiger partial charge in [-0.1, -0.05) is 23.2 Å². The number of H-pyrrole nitrogens is 1. The van der Waals surface area contributed by atoms with Crippen LogP contribution in [0.1, 0.15) is 25.0 Å². The van der Waals surface area contributed by atoms with Crippen molar-refractivity contribution < 1.29 is 32.1 Å². The Bertz CT molecular complexity index is 1550. The van der Waals surface area contributed by atoms with Crippen LogP contribution in [0.5, 0.6) is 17.2 Å². The third-order valence-corrected chi connectivity index (χ3v) is 7.40. The summed E-state index contributed by atoms with van der Waals surface area (Å²) in [6, 6.07) is 5.50. The molecule has 0 amide bonds. The second-order valence-corrected chi connectivity index (χ2v) is 10.3. The zero-order valence-corrected chi connectivity index (χ0v) is 20.2. The fourth-order valence-corrected chi connectivity index (χ4v) is 5.29. The quantitative estimate of drug-likeness (QED) is 0.324. The van der Waals surface area contributed by atoms with Gasteiger partial charge in [0.2, 0.25) is 10.0 Å². The van der Waals surface area contributed by atoms with Crippen LogP contribution in [0.25, 0.3) is 5.69 Å². The number of aliphatic hydroxyl groups is 1. The Morgan fingerprint density at radius 2 is 1.83 bits per heavy atom. The number of aromatic amines is 1. The number of alkyl halides is 2. The Kier molecular flexibility index (Phi) is 6.83. The topological polar surface area (TPSA) is 164 Å². The van der Waals surface area contributed by atoms with Crippen LogP contribution in [0.3, 0.4) is 0 Å². The number of hydrogen-bond acceptors (Lipinski definition) is 8. The van der Waals surface area contributed by atoms with Gasteiger partial charge in [0.15, 0.2) is 11.4 Å². The number of aliphatic hydroxyl groups excluding tert-OH is 1. The van der Waals surface area contributed by atoms with Crippen molar-refractivity contribution >= 4 is 33.2 Å². The van der Waals surface area contributed by atoms with E-state index >= 15 is 0 Å². The third-order valence-electron chi connectivity index (χ3n) is 5.24. The molecule has 0 bridgehead atoms. The van der Waals surface area contributed by atoms with Gasteiger partial charge in [0.05, 0.1) is 27.9 Å². The first-order valence-corrected chi connectivity index (χ1v) is 12.3. The molecule has 4 rings (SSSR count). The first-order chi connectivity index (χ1) is 16.9. The molecule has 0 spiro atoms. The summed E-state index contributed by atoms with van der Waals surface area (Å²) in [5.74, 6) is -0.864. The van der Waals surface area contributed by atoms with E-state index in [1.165, 1.54) is 6.07 Å². The molecule has 1 heterocycles. The minimum absolute atomic E-state index is 0.0992. The number of phenols is 1. The Morgan fingerprint density at radius 1 is 1.19 bits per heavy atom. The Labute approximate surface area is 210 Å². The highest BCUT2D eigenvalue weighted by Gasteiger charge is 2.46. The first kappa shape index (κ1) is 26.0. The molecule has 1 aliphatic rings. The van der Waals surface area contributed by atoms with Crippen molar-refractivity contribution in [3.8, 4) is 22.9 Å². The number of hydrogen-bond donors (Lipinski definition) is 4. The van der Waals surface area contributed by atoms with Gasteiger partial charge in [-0.25, -0.2) is 26.7 Å². The molecule has 0 atom stereocenters. The predicted molar refractivity (Wildman–Crippen MR) is 123 cm³/mol. The number of benzene rings is 2. The summed E-state index contributed by atoms with van der Waals surface area (Å²) in [7, 11) is -4.24. The number of ether oxygens (including phenoxy) is 1. The second kappa shape index (κ2) is 9.44. The first-order valence-electron chi connectivity index (χ1n) is 10.0. The summed E-state index contributed by atoms with van der Waals surface area (Å²) < 4.78 is 59.9. The third kappa shape index (κ3) is 5.08. The molecule has 0 unspecified atom stereocenters.